The molecule has 0 unspecified atom stereocenters. The summed E-state index contributed by atoms with van der Waals surface area (Å²) < 4.78 is 33.5. The fraction of sp³-hybridized carbons (Fsp3) is 0.550. The average Bonchev–Trinajstić information content (AvgIpc) is 3.10. The first kappa shape index (κ1) is 20.0. The van der Waals surface area contributed by atoms with Crippen LogP contribution in [-0.4, -0.2) is 58.9 Å². The SMILES string of the molecule is CC(=O)N1CCC(C(=O)N2CCC(Oc3nc4c(F)cc(F)cc4s3)CC2)CC1. The zero-order valence-electron chi connectivity index (χ0n) is 16.2. The quantitative estimate of drug-likeness (QED) is 0.761. The van der Waals surface area contributed by atoms with E-state index < -0.39 is 11.6 Å². The third-order valence-electron chi connectivity index (χ3n) is 5.70. The van der Waals surface area contributed by atoms with Crippen LogP contribution in [0.5, 0.6) is 5.19 Å². The zero-order valence-corrected chi connectivity index (χ0v) is 17.0. The number of carbonyl (C=O) groups excluding carboxylic acids is 2. The molecule has 156 valence electrons. The number of likely N-dealkylation sites (tertiary alicyclic amines) is 2. The third kappa shape index (κ3) is 4.34. The predicted octanol–water partition coefficient (Wildman–Crippen LogP) is 3.20. The first-order chi connectivity index (χ1) is 13.9. The first-order valence-corrected chi connectivity index (χ1v) is 10.7. The molecule has 29 heavy (non-hydrogen) atoms. The van der Waals surface area contributed by atoms with Crippen molar-refractivity contribution in [1.82, 2.24) is 14.8 Å². The summed E-state index contributed by atoms with van der Waals surface area (Å²) in [6, 6.07) is 2.07. The van der Waals surface area contributed by atoms with E-state index in [1.54, 1.807) is 11.8 Å². The van der Waals surface area contributed by atoms with Crippen LogP contribution in [0.2, 0.25) is 0 Å². The molecular weight excluding hydrogens is 400 g/mol. The molecule has 0 bridgehead atoms. The second-order valence-electron chi connectivity index (χ2n) is 7.64. The number of carbonyl (C=O) groups is 2. The van der Waals surface area contributed by atoms with Gasteiger partial charge in [-0.2, -0.15) is 4.98 Å². The van der Waals surface area contributed by atoms with E-state index in [9.17, 15) is 18.4 Å². The van der Waals surface area contributed by atoms with Crippen LogP contribution in [0.4, 0.5) is 8.78 Å². The number of hydrogen-bond acceptors (Lipinski definition) is 5. The van der Waals surface area contributed by atoms with Crippen molar-refractivity contribution in [1.29, 1.82) is 0 Å². The summed E-state index contributed by atoms with van der Waals surface area (Å²) in [5.74, 6) is -1.13. The Morgan fingerprint density at radius 2 is 1.72 bits per heavy atom. The van der Waals surface area contributed by atoms with E-state index in [0.717, 1.165) is 17.4 Å². The Morgan fingerprint density at radius 1 is 1.07 bits per heavy atom. The highest BCUT2D eigenvalue weighted by molar-refractivity contribution is 7.20. The van der Waals surface area contributed by atoms with Crippen LogP contribution < -0.4 is 4.74 Å². The lowest BCUT2D eigenvalue weighted by Crippen LogP contribution is -2.47. The molecule has 3 heterocycles. The van der Waals surface area contributed by atoms with Gasteiger partial charge in [0.2, 0.25) is 11.8 Å². The maximum atomic E-state index is 13.8. The summed E-state index contributed by atoms with van der Waals surface area (Å²) in [6.07, 6.45) is 2.66. The van der Waals surface area contributed by atoms with Crippen LogP contribution in [-0.2, 0) is 9.59 Å². The van der Waals surface area contributed by atoms with Gasteiger partial charge in [-0.1, -0.05) is 11.3 Å². The second kappa shape index (κ2) is 8.22. The molecule has 2 aromatic rings. The van der Waals surface area contributed by atoms with E-state index in [4.69, 9.17) is 4.74 Å². The molecule has 0 saturated carbocycles. The topological polar surface area (TPSA) is 62.7 Å². The van der Waals surface area contributed by atoms with Gasteiger partial charge in [-0.05, 0) is 18.9 Å². The van der Waals surface area contributed by atoms with Gasteiger partial charge in [-0.15, -0.1) is 0 Å². The molecular formula is C20H23F2N3O3S. The van der Waals surface area contributed by atoms with Gasteiger partial charge >= 0.3 is 0 Å². The summed E-state index contributed by atoms with van der Waals surface area (Å²) in [7, 11) is 0. The number of nitrogens with zero attached hydrogens (tertiary/aromatic N) is 3. The second-order valence-corrected chi connectivity index (χ2v) is 8.63. The molecule has 0 spiro atoms. The Kier molecular flexibility index (Phi) is 5.67. The number of ether oxygens (including phenoxy) is 1. The van der Waals surface area contributed by atoms with Gasteiger partial charge in [-0.3, -0.25) is 9.59 Å². The molecule has 9 heteroatoms. The normalized spacial score (nSPS) is 19.0. The molecule has 2 fully saturated rings. The molecule has 0 N–H and O–H groups in total. The molecule has 2 saturated heterocycles. The average molecular weight is 423 g/mol. The number of amides is 2. The van der Waals surface area contributed by atoms with Crippen LogP contribution in [0.1, 0.15) is 32.6 Å². The van der Waals surface area contributed by atoms with Crippen molar-refractivity contribution in [2.75, 3.05) is 26.2 Å². The summed E-state index contributed by atoms with van der Waals surface area (Å²) in [4.78, 5) is 32.0. The smallest absolute Gasteiger partial charge is 0.274 e. The Morgan fingerprint density at radius 3 is 2.38 bits per heavy atom. The van der Waals surface area contributed by atoms with E-state index in [1.165, 1.54) is 6.07 Å². The monoisotopic (exact) mass is 423 g/mol. The minimum Gasteiger partial charge on any atom is -0.467 e. The van der Waals surface area contributed by atoms with Gasteiger partial charge in [0, 0.05) is 57.9 Å². The van der Waals surface area contributed by atoms with Gasteiger partial charge in [0.15, 0.2) is 5.82 Å². The Hall–Kier alpha value is -2.29. The van der Waals surface area contributed by atoms with Gasteiger partial charge in [0.1, 0.15) is 17.4 Å². The van der Waals surface area contributed by atoms with Gasteiger partial charge in [0.25, 0.3) is 5.19 Å². The summed E-state index contributed by atoms with van der Waals surface area (Å²) in [5, 5.41) is 0.325. The lowest BCUT2D eigenvalue weighted by Gasteiger charge is -2.36. The molecule has 2 aliphatic heterocycles. The summed E-state index contributed by atoms with van der Waals surface area (Å²) in [6.45, 7) is 4.04. The van der Waals surface area contributed by atoms with Crippen molar-refractivity contribution in [3.05, 3.63) is 23.8 Å². The number of thiazole rings is 1. The van der Waals surface area contributed by atoms with Crippen LogP contribution in [0.3, 0.4) is 0 Å². The maximum Gasteiger partial charge on any atom is 0.274 e. The van der Waals surface area contributed by atoms with Crippen molar-refractivity contribution in [3.63, 3.8) is 0 Å². The van der Waals surface area contributed by atoms with E-state index in [-0.39, 0.29) is 29.4 Å². The molecule has 1 aromatic carbocycles. The van der Waals surface area contributed by atoms with Crippen molar-refractivity contribution in [2.24, 2.45) is 5.92 Å². The predicted molar refractivity (Wildman–Crippen MR) is 105 cm³/mol. The molecule has 2 amide bonds. The van der Waals surface area contributed by atoms with Gasteiger partial charge < -0.3 is 14.5 Å². The molecule has 6 nitrogen and oxygen atoms in total. The van der Waals surface area contributed by atoms with Gasteiger partial charge in [-0.25, -0.2) is 8.78 Å². The highest BCUT2D eigenvalue weighted by Gasteiger charge is 2.32. The fourth-order valence-corrected chi connectivity index (χ4v) is 4.94. The van der Waals surface area contributed by atoms with E-state index >= 15 is 0 Å². The van der Waals surface area contributed by atoms with E-state index in [0.29, 0.717) is 61.8 Å². The Bertz CT molecular complexity index is 919. The highest BCUT2D eigenvalue weighted by atomic mass is 32.1. The minimum atomic E-state index is -0.692. The Labute approximate surface area is 171 Å². The third-order valence-corrected chi connectivity index (χ3v) is 6.60. The maximum absolute atomic E-state index is 13.8. The fourth-order valence-electron chi connectivity index (χ4n) is 4.02. The minimum absolute atomic E-state index is 0.0230. The van der Waals surface area contributed by atoms with Crippen LogP contribution >= 0.6 is 11.3 Å². The lowest BCUT2D eigenvalue weighted by atomic mass is 9.94. The van der Waals surface area contributed by atoms with Crippen LogP contribution in [0.25, 0.3) is 10.2 Å². The highest BCUT2D eigenvalue weighted by Crippen LogP contribution is 2.32. The van der Waals surface area contributed by atoms with Crippen molar-refractivity contribution < 1.29 is 23.1 Å². The van der Waals surface area contributed by atoms with E-state index in [2.05, 4.69) is 4.98 Å². The largest absolute Gasteiger partial charge is 0.467 e. The zero-order chi connectivity index (χ0) is 20.5. The van der Waals surface area contributed by atoms with E-state index in [1.807, 2.05) is 4.90 Å². The molecule has 1 aromatic heterocycles. The van der Waals surface area contributed by atoms with Gasteiger partial charge in [0.05, 0.1) is 4.70 Å². The molecule has 0 atom stereocenters. The number of piperidine rings is 2. The van der Waals surface area contributed by atoms with Crippen LogP contribution in [0.15, 0.2) is 12.1 Å². The van der Waals surface area contributed by atoms with Crippen LogP contribution in [0, 0.1) is 17.6 Å². The molecule has 0 aliphatic carbocycles. The molecule has 2 aliphatic rings. The van der Waals surface area contributed by atoms with Crippen molar-refractivity contribution in [2.45, 2.75) is 38.7 Å². The number of benzene rings is 1. The molecule has 0 radical (unpaired) electrons. The Balaban J connectivity index is 1.30. The standard InChI is InChI=1S/C20H23F2N3O3S/c1-12(26)24-6-2-13(3-7-24)19(27)25-8-4-15(5-9-25)28-20-23-18-16(22)10-14(21)11-17(18)29-20/h10-11,13,15H,2-9H2,1H3. The number of fused-ring (bicyclic) bond motifs is 1. The number of rotatable bonds is 3. The number of halogens is 2. The van der Waals surface area contributed by atoms with Crippen molar-refractivity contribution in [3.8, 4) is 5.19 Å². The number of hydrogen-bond donors (Lipinski definition) is 0. The van der Waals surface area contributed by atoms with Crippen molar-refractivity contribution >= 4 is 33.4 Å². The first-order valence-electron chi connectivity index (χ1n) is 9.87. The summed E-state index contributed by atoms with van der Waals surface area (Å²) >= 11 is 1.13. The lowest BCUT2D eigenvalue weighted by molar-refractivity contribution is -0.141. The summed E-state index contributed by atoms with van der Waals surface area (Å²) in [5.41, 5.74) is 0.121. The molecule has 4 rings (SSSR count). The number of aromatic nitrogens is 1.